The number of rotatable bonds is 6. The van der Waals surface area contributed by atoms with Crippen molar-refractivity contribution in [2.75, 3.05) is 13.6 Å². The molecular formula is C11H14ClNO4S. The zero-order valence-corrected chi connectivity index (χ0v) is 11.4. The molecule has 0 aliphatic carbocycles. The van der Waals surface area contributed by atoms with E-state index < -0.39 is 16.0 Å². The van der Waals surface area contributed by atoms with Crippen molar-refractivity contribution in [3.05, 3.63) is 34.9 Å². The van der Waals surface area contributed by atoms with E-state index in [1.165, 1.54) is 7.05 Å². The van der Waals surface area contributed by atoms with Crippen LogP contribution in [0.3, 0.4) is 0 Å². The second kappa shape index (κ2) is 6.17. The van der Waals surface area contributed by atoms with Crippen LogP contribution in [-0.2, 0) is 20.6 Å². The molecule has 1 rings (SSSR count). The fourth-order valence-electron chi connectivity index (χ4n) is 1.31. The van der Waals surface area contributed by atoms with Gasteiger partial charge in [-0.05, 0) is 11.6 Å². The zero-order valence-electron chi connectivity index (χ0n) is 9.84. The van der Waals surface area contributed by atoms with E-state index >= 15 is 0 Å². The molecule has 0 unspecified atom stereocenters. The summed E-state index contributed by atoms with van der Waals surface area (Å²) >= 11 is 5.89. The average Bonchev–Trinajstić information content (AvgIpc) is 2.28. The van der Waals surface area contributed by atoms with Crippen LogP contribution in [0.1, 0.15) is 12.0 Å². The smallest absolute Gasteiger partial charge is 0.304 e. The third-order valence-electron chi connectivity index (χ3n) is 2.41. The normalized spacial score (nSPS) is 11.7. The fourth-order valence-corrected chi connectivity index (χ4v) is 2.83. The van der Waals surface area contributed by atoms with Crippen molar-refractivity contribution < 1.29 is 18.3 Å². The Kier molecular flexibility index (Phi) is 5.13. The number of nitrogens with zero attached hydrogens (tertiary/aromatic N) is 1. The number of benzene rings is 1. The highest BCUT2D eigenvalue weighted by Crippen LogP contribution is 2.19. The number of hydrogen-bond donors (Lipinski definition) is 1. The summed E-state index contributed by atoms with van der Waals surface area (Å²) in [5, 5.41) is 8.90. The van der Waals surface area contributed by atoms with E-state index in [9.17, 15) is 13.2 Å². The SMILES string of the molecule is CN(CCC(=O)O)S(=O)(=O)Cc1ccccc1Cl. The topological polar surface area (TPSA) is 74.7 Å². The lowest BCUT2D eigenvalue weighted by atomic mass is 10.2. The van der Waals surface area contributed by atoms with Crippen molar-refractivity contribution in [3.63, 3.8) is 0 Å². The molecule has 7 heteroatoms. The Morgan fingerprint density at radius 1 is 1.39 bits per heavy atom. The zero-order chi connectivity index (χ0) is 13.8. The van der Waals surface area contributed by atoms with Gasteiger partial charge in [-0.2, -0.15) is 0 Å². The van der Waals surface area contributed by atoms with Crippen molar-refractivity contribution in [2.45, 2.75) is 12.2 Å². The Morgan fingerprint density at radius 2 is 2.00 bits per heavy atom. The molecule has 0 aromatic heterocycles. The van der Waals surface area contributed by atoms with Gasteiger partial charge >= 0.3 is 5.97 Å². The van der Waals surface area contributed by atoms with Crippen molar-refractivity contribution in [3.8, 4) is 0 Å². The van der Waals surface area contributed by atoms with Crippen LogP contribution in [0.25, 0.3) is 0 Å². The molecule has 5 nitrogen and oxygen atoms in total. The summed E-state index contributed by atoms with van der Waals surface area (Å²) in [7, 11) is -2.19. The summed E-state index contributed by atoms with van der Waals surface area (Å²) in [4.78, 5) is 10.4. The van der Waals surface area contributed by atoms with E-state index in [0.29, 0.717) is 10.6 Å². The fraction of sp³-hybridized carbons (Fsp3) is 0.364. The first-order valence-corrected chi connectivity index (χ1v) is 7.21. The molecule has 0 spiro atoms. The average molecular weight is 292 g/mol. The lowest BCUT2D eigenvalue weighted by Gasteiger charge is -2.16. The largest absolute Gasteiger partial charge is 0.481 e. The van der Waals surface area contributed by atoms with E-state index in [0.717, 1.165) is 4.31 Å². The van der Waals surface area contributed by atoms with Crippen molar-refractivity contribution >= 4 is 27.6 Å². The molecular weight excluding hydrogens is 278 g/mol. The number of sulfonamides is 1. The quantitative estimate of drug-likeness (QED) is 0.863. The molecule has 0 aliphatic heterocycles. The molecule has 0 bridgehead atoms. The molecule has 100 valence electrons. The van der Waals surface area contributed by atoms with Gasteiger partial charge in [-0.3, -0.25) is 4.79 Å². The lowest BCUT2D eigenvalue weighted by molar-refractivity contribution is -0.137. The van der Waals surface area contributed by atoms with Crippen LogP contribution in [0.15, 0.2) is 24.3 Å². The summed E-state index contributed by atoms with van der Waals surface area (Å²) in [6.45, 7) is -0.0535. The van der Waals surface area contributed by atoms with Crippen molar-refractivity contribution in [1.29, 1.82) is 0 Å². The number of carbonyl (C=O) groups is 1. The predicted octanol–water partition coefficient (Wildman–Crippen LogP) is 1.58. The summed E-state index contributed by atoms with van der Waals surface area (Å²) in [6.07, 6.45) is -0.224. The molecule has 1 aromatic carbocycles. The maximum Gasteiger partial charge on any atom is 0.304 e. The van der Waals surface area contributed by atoms with Gasteiger partial charge in [-0.1, -0.05) is 29.8 Å². The minimum atomic E-state index is -3.55. The summed E-state index contributed by atoms with van der Waals surface area (Å²) in [5.74, 6) is -1.27. The van der Waals surface area contributed by atoms with Crippen molar-refractivity contribution in [1.82, 2.24) is 4.31 Å². The standard InChI is InChI=1S/C11H14ClNO4S/c1-13(7-6-11(14)15)18(16,17)8-9-4-2-3-5-10(9)12/h2-5H,6-8H2,1H3,(H,14,15). The predicted molar refractivity (Wildman–Crippen MR) is 69.0 cm³/mol. The maximum atomic E-state index is 11.9. The van der Waals surface area contributed by atoms with E-state index in [4.69, 9.17) is 16.7 Å². The summed E-state index contributed by atoms with van der Waals surface area (Å²) in [5.41, 5.74) is 0.501. The van der Waals surface area contributed by atoms with Crippen LogP contribution >= 0.6 is 11.6 Å². The Morgan fingerprint density at radius 3 is 2.56 bits per heavy atom. The highest BCUT2D eigenvalue weighted by atomic mass is 35.5. The van der Waals surface area contributed by atoms with Gasteiger partial charge in [0.2, 0.25) is 10.0 Å². The van der Waals surface area contributed by atoms with E-state index in [1.807, 2.05) is 0 Å². The Labute approximate surface area is 111 Å². The number of carboxylic acid groups (broad SMARTS) is 1. The van der Waals surface area contributed by atoms with Gasteiger partial charge in [0, 0.05) is 18.6 Å². The number of halogens is 1. The first kappa shape index (κ1) is 14.9. The van der Waals surface area contributed by atoms with Gasteiger partial charge in [0.25, 0.3) is 0 Å². The summed E-state index contributed by atoms with van der Waals surface area (Å²) in [6, 6.07) is 6.66. The molecule has 0 radical (unpaired) electrons. The van der Waals surface area contributed by atoms with Crippen LogP contribution in [0.4, 0.5) is 0 Å². The third-order valence-corrected chi connectivity index (χ3v) is 4.59. The maximum absolute atomic E-state index is 11.9. The van der Waals surface area contributed by atoms with Gasteiger partial charge in [-0.15, -0.1) is 0 Å². The van der Waals surface area contributed by atoms with Crippen LogP contribution in [0, 0.1) is 0 Å². The van der Waals surface area contributed by atoms with Gasteiger partial charge in [0.15, 0.2) is 0 Å². The molecule has 0 aliphatic rings. The second-order valence-electron chi connectivity index (χ2n) is 3.81. The number of carboxylic acids is 1. The van der Waals surface area contributed by atoms with Crippen LogP contribution < -0.4 is 0 Å². The Bertz CT molecular complexity index is 530. The minimum Gasteiger partial charge on any atom is -0.481 e. The molecule has 0 atom stereocenters. The third kappa shape index (κ3) is 4.29. The Balaban J connectivity index is 2.76. The van der Waals surface area contributed by atoms with E-state index in [2.05, 4.69) is 0 Å². The monoisotopic (exact) mass is 291 g/mol. The summed E-state index contributed by atoms with van der Waals surface area (Å²) < 4.78 is 24.9. The van der Waals surface area contributed by atoms with Gasteiger partial charge in [0.05, 0.1) is 12.2 Å². The molecule has 1 N–H and O–H groups in total. The molecule has 18 heavy (non-hydrogen) atoms. The van der Waals surface area contributed by atoms with E-state index in [-0.39, 0.29) is 18.7 Å². The van der Waals surface area contributed by atoms with Gasteiger partial charge < -0.3 is 5.11 Å². The van der Waals surface area contributed by atoms with Gasteiger partial charge in [0.1, 0.15) is 0 Å². The van der Waals surface area contributed by atoms with E-state index in [1.54, 1.807) is 24.3 Å². The highest BCUT2D eigenvalue weighted by molar-refractivity contribution is 7.88. The number of hydrogen-bond acceptors (Lipinski definition) is 3. The van der Waals surface area contributed by atoms with Crippen LogP contribution in [0.2, 0.25) is 5.02 Å². The van der Waals surface area contributed by atoms with Gasteiger partial charge in [-0.25, -0.2) is 12.7 Å². The van der Waals surface area contributed by atoms with Crippen LogP contribution in [-0.4, -0.2) is 37.4 Å². The lowest BCUT2D eigenvalue weighted by Crippen LogP contribution is -2.30. The van der Waals surface area contributed by atoms with Crippen molar-refractivity contribution in [2.24, 2.45) is 0 Å². The first-order valence-electron chi connectivity index (χ1n) is 5.22. The Hall–Kier alpha value is -1.11. The highest BCUT2D eigenvalue weighted by Gasteiger charge is 2.20. The molecule has 0 saturated heterocycles. The molecule has 0 fully saturated rings. The molecule has 0 amide bonds. The second-order valence-corrected chi connectivity index (χ2v) is 6.30. The first-order chi connectivity index (χ1) is 8.33. The van der Waals surface area contributed by atoms with Crippen LogP contribution in [0.5, 0.6) is 0 Å². The molecule has 0 saturated carbocycles. The molecule has 0 heterocycles. The minimum absolute atomic E-state index is 0.0535. The number of aliphatic carboxylic acids is 1. The molecule has 1 aromatic rings.